The first-order valence-electron chi connectivity index (χ1n) is 6.52. The maximum absolute atomic E-state index is 6.05. The molecular formula is C14H21ClN2O. The Labute approximate surface area is 114 Å². The molecule has 100 valence electrons. The second kappa shape index (κ2) is 6.41. The van der Waals surface area contributed by atoms with Crippen molar-refractivity contribution in [3.8, 4) is 5.75 Å². The Morgan fingerprint density at radius 3 is 2.61 bits per heavy atom. The third-order valence-electron chi connectivity index (χ3n) is 3.46. The molecule has 1 saturated heterocycles. The average molecular weight is 269 g/mol. The minimum absolute atomic E-state index is 0.559. The van der Waals surface area contributed by atoms with Gasteiger partial charge in [-0.15, -0.1) is 0 Å². The van der Waals surface area contributed by atoms with Gasteiger partial charge in [-0.3, -0.25) is 4.90 Å². The van der Waals surface area contributed by atoms with Crippen LogP contribution in [0.15, 0.2) is 24.3 Å². The lowest BCUT2D eigenvalue weighted by Crippen LogP contribution is -2.55. The van der Waals surface area contributed by atoms with Crippen molar-refractivity contribution in [3.05, 3.63) is 29.3 Å². The van der Waals surface area contributed by atoms with E-state index in [1.54, 1.807) is 0 Å². The number of halogens is 1. The maximum Gasteiger partial charge on any atom is 0.137 e. The average Bonchev–Trinajstić information content (AvgIpc) is 2.35. The smallest absolute Gasteiger partial charge is 0.137 e. The highest BCUT2D eigenvalue weighted by molar-refractivity contribution is 6.32. The van der Waals surface area contributed by atoms with Crippen LogP contribution in [0.3, 0.4) is 0 Å². The summed E-state index contributed by atoms with van der Waals surface area (Å²) in [7, 11) is 0. The van der Waals surface area contributed by atoms with E-state index in [2.05, 4.69) is 24.1 Å². The number of piperazine rings is 1. The Morgan fingerprint density at radius 1 is 1.28 bits per heavy atom. The zero-order chi connectivity index (χ0) is 13.0. The maximum atomic E-state index is 6.05. The van der Waals surface area contributed by atoms with Crippen LogP contribution in [0.2, 0.25) is 5.02 Å². The van der Waals surface area contributed by atoms with Crippen LogP contribution >= 0.6 is 11.6 Å². The standard InChI is InChI=1S/C14H21ClN2O/c1-11-9-16-10-12(2)17(11)7-8-18-14-6-4-3-5-13(14)15/h3-6,11-12,16H,7-10H2,1-2H3. The van der Waals surface area contributed by atoms with E-state index >= 15 is 0 Å². The third kappa shape index (κ3) is 3.37. The van der Waals surface area contributed by atoms with Gasteiger partial charge in [0.1, 0.15) is 12.4 Å². The number of nitrogens with zero attached hydrogens (tertiary/aromatic N) is 1. The molecule has 0 aliphatic carbocycles. The van der Waals surface area contributed by atoms with Crippen LogP contribution in [0, 0.1) is 0 Å². The van der Waals surface area contributed by atoms with Crippen molar-refractivity contribution in [3.63, 3.8) is 0 Å². The predicted octanol–water partition coefficient (Wildman–Crippen LogP) is 2.40. The fourth-order valence-electron chi connectivity index (χ4n) is 2.43. The fraction of sp³-hybridized carbons (Fsp3) is 0.571. The number of hydrogen-bond donors (Lipinski definition) is 1. The summed E-state index contributed by atoms with van der Waals surface area (Å²) in [6.45, 7) is 8.22. The topological polar surface area (TPSA) is 24.5 Å². The fourth-order valence-corrected chi connectivity index (χ4v) is 2.62. The summed E-state index contributed by atoms with van der Waals surface area (Å²) in [6.07, 6.45) is 0. The van der Waals surface area contributed by atoms with Crippen molar-refractivity contribution in [2.75, 3.05) is 26.2 Å². The van der Waals surface area contributed by atoms with Crippen LogP contribution in [-0.4, -0.2) is 43.2 Å². The minimum atomic E-state index is 0.559. The van der Waals surface area contributed by atoms with Crippen molar-refractivity contribution in [1.29, 1.82) is 0 Å². The van der Waals surface area contributed by atoms with Crippen LogP contribution < -0.4 is 10.1 Å². The molecule has 2 unspecified atom stereocenters. The van der Waals surface area contributed by atoms with Gasteiger partial charge < -0.3 is 10.1 Å². The molecule has 1 aromatic carbocycles. The van der Waals surface area contributed by atoms with Gasteiger partial charge in [0.05, 0.1) is 5.02 Å². The van der Waals surface area contributed by atoms with Crippen molar-refractivity contribution in [2.45, 2.75) is 25.9 Å². The second-order valence-electron chi connectivity index (χ2n) is 4.87. The summed E-state index contributed by atoms with van der Waals surface area (Å²) in [5, 5.41) is 4.11. The molecule has 1 aliphatic heterocycles. The molecule has 3 nitrogen and oxygen atoms in total. The van der Waals surface area contributed by atoms with E-state index in [-0.39, 0.29) is 0 Å². The SMILES string of the molecule is CC1CNCC(C)N1CCOc1ccccc1Cl. The summed E-state index contributed by atoms with van der Waals surface area (Å²) in [5.74, 6) is 0.773. The van der Waals surface area contributed by atoms with Crippen LogP contribution in [-0.2, 0) is 0 Å². The number of benzene rings is 1. The number of ether oxygens (including phenoxy) is 1. The molecule has 1 heterocycles. The molecule has 0 radical (unpaired) electrons. The molecule has 1 fully saturated rings. The van der Waals surface area contributed by atoms with Gasteiger partial charge in [-0.25, -0.2) is 0 Å². The molecule has 2 rings (SSSR count). The number of rotatable bonds is 4. The molecule has 2 atom stereocenters. The van der Waals surface area contributed by atoms with E-state index < -0.39 is 0 Å². The highest BCUT2D eigenvalue weighted by Gasteiger charge is 2.23. The van der Waals surface area contributed by atoms with Gasteiger partial charge in [0.15, 0.2) is 0 Å². The van der Waals surface area contributed by atoms with E-state index in [9.17, 15) is 0 Å². The summed E-state index contributed by atoms with van der Waals surface area (Å²) < 4.78 is 5.74. The molecule has 0 bridgehead atoms. The molecule has 0 aromatic heterocycles. The van der Waals surface area contributed by atoms with Gasteiger partial charge in [-0.1, -0.05) is 23.7 Å². The summed E-state index contributed by atoms with van der Waals surface area (Å²) in [6, 6.07) is 8.74. The Balaban J connectivity index is 1.83. The molecule has 4 heteroatoms. The van der Waals surface area contributed by atoms with Crippen LogP contribution in [0.25, 0.3) is 0 Å². The quantitative estimate of drug-likeness (QED) is 0.908. The van der Waals surface area contributed by atoms with E-state index in [0.29, 0.717) is 23.7 Å². The van der Waals surface area contributed by atoms with Crippen molar-refractivity contribution in [2.24, 2.45) is 0 Å². The van der Waals surface area contributed by atoms with E-state index in [0.717, 1.165) is 25.4 Å². The lowest BCUT2D eigenvalue weighted by atomic mass is 10.1. The predicted molar refractivity (Wildman–Crippen MR) is 75.4 cm³/mol. The van der Waals surface area contributed by atoms with Gasteiger partial charge in [0.2, 0.25) is 0 Å². The zero-order valence-corrected chi connectivity index (χ0v) is 11.8. The third-order valence-corrected chi connectivity index (χ3v) is 3.77. The monoisotopic (exact) mass is 268 g/mol. The molecule has 0 saturated carbocycles. The van der Waals surface area contributed by atoms with Gasteiger partial charge in [0, 0.05) is 31.7 Å². The molecule has 0 amide bonds. The minimum Gasteiger partial charge on any atom is -0.491 e. The Kier molecular flexibility index (Phi) is 4.87. The molecule has 1 aliphatic rings. The lowest BCUT2D eigenvalue weighted by Gasteiger charge is -2.39. The molecule has 1 aromatic rings. The van der Waals surface area contributed by atoms with Crippen LogP contribution in [0.1, 0.15) is 13.8 Å². The summed E-state index contributed by atoms with van der Waals surface area (Å²) in [5.41, 5.74) is 0. The van der Waals surface area contributed by atoms with Gasteiger partial charge in [0.25, 0.3) is 0 Å². The molecule has 0 spiro atoms. The Hall–Kier alpha value is -0.770. The highest BCUT2D eigenvalue weighted by Crippen LogP contribution is 2.23. The second-order valence-corrected chi connectivity index (χ2v) is 5.28. The normalized spacial score (nSPS) is 25.1. The number of para-hydroxylation sites is 1. The molecule has 18 heavy (non-hydrogen) atoms. The first kappa shape index (κ1) is 13.7. The van der Waals surface area contributed by atoms with Crippen molar-refractivity contribution in [1.82, 2.24) is 10.2 Å². The van der Waals surface area contributed by atoms with Crippen molar-refractivity contribution >= 4 is 11.6 Å². The highest BCUT2D eigenvalue weighted by atomic mass is 35.5. The van der Waals surface area contributed by atoms with Gasteiger partial charge in [-0.05, 0) is 26.0 Å². The zero-order valence-electron chi connectivity index (χ0n) is 11.0. The lowest BCUT2D eigenvalue weighted by molar-refractivity contribution is 0.0966. The molecule has 1 N–H and O–H groups in total. The first-order chi connectivity index (χ1) is 8.68. The number of hydrogen-bond acceptors (Lipinski definition) is 3. The summed E-state index contributed by atoms with van der Waals surface area (Å²) >= 11 is 6.05. The number of nitrogens with one attached hydrogen (secondary N) is 1. The summed E-state index contributed by atoms with van der Waals surface area (Å²) in [4.78, 5) is 2.48. The Morgan fingerprint density at radius 2 is 1.94 bits per heavy atom. The van der Waals surface area contributed by atoms with E-state index in [4.69, 9.17) is 16.3 Å². The first-order valence-corrected chi connectivity index (χ1v) is 6.90. The van der Waals surface area contributed by atoms with Gasteiger partial charge >= 0.3 is 0 Å². The van der Waals surface area contributed by atoms with Crippen LogP contribution in [0.5, 0.6) is 5.75 Å². The van der Waals surface area contributed by atoms with E-state index in [1.807, 2.05) is 24.3 Å². The molecular weight excluding hydrogens is 248 g/mol. The Bertz CT molecular complexity index is 376. The van der Waals surface area contributed by atoms with Crippen LogP contribution in [0.4, 0.5) is 0 Å². The van der Waals surface area contributed by atoms with Gasteiger partial charge in [-0.2, -0.15) is 0 Å². The largest absolute Gasteiger partial charge is 0.491 e. The van der Waals surface area contributed by atoms with E-state index in [1.165, 1.54) is 0 Å². The van der Waals surface area contributed by atoms with Crippen molar-refractivity contribution < 1.29 is 4.74 Å².